The van der Waals surface area contributed by atoms with Crippen molar-refractivity contribution in [1.82, 2.24) is 14.5 Å². The fourth-order valence-corrected chi connectivity index (χ4v) is 4.56. The molecule has 6 heteroatoms. The number of aryl methyl sites for hydroxylation is 2. The van der Waals surface area contributed by atoms with Crippen LogP contribution in [0.4, 0.5) is 10.8 Å². The van der Waals surface area contributed by atoms with Crippen LogP contribution in [0.25, 0.3) is 27.3 Å². The SMILES string of the molecule is Cc1cccc(-n2c(-c3sc(Nc4ccccc4)nc3C)nc3ccccc3c2=O)c1. The third-order valence-electron chi connectivity index (χ3n) is 5.06. The van der Waals surface area contributed by atoms with E-state index in [1.807, 2.05) is 92.7 Å². The number of hydrogen-bond donors (Lipinski definition) is 1. The van der Waals surface area contributed by atoms with E-state index in [-0.39, 0.29) is 5.56 Å². The van der Waals surface area contributed by atoms with Gasteiger partial charge in [0.25, 0.3) is 5.56 Å². The van der Waals surface area contributed by atoms with Gasteiger partial charge < -0.3 is 5.32 Å². The molecule has 0 saturated carbocycles. The van der Waals surface area contributed by atoms with Crippen molar-refractivity contribution in [2.75, 3.05) is 5.32 Å². The van der Waals surface area contributed by atoms with Gasteiger partial charge in [0, 0.05) is 5.69 Å². The number of hydrogen-bond acceptors (Lipinski definition) is 5. The largest absolute Gasteiger partial charge is 0.332 e. The molecule has 0 bridgehead atoms. The summed E-state index contributed by atoms with van der Waals surface area (Å²) in [5.41, 5.74) is 4.25. The van der Waals surface area contributed by atoms with E-state index in [1.54, 1.807) is 4.57 Å². The lowest BCUT2D eigenvalue weighted by Gasteiger charge is -2.13. The number of anilines is 2. The predicted molar refractivity (Wildman–Crippen MR) is 128 cm³/mol. The summed E-state index contributed by atoms with van der Waals surface area (Å²) in [5, 5.41) is 4.70. The van der Waals surface area contributed by atoms with Crippen molar-refractivity contribution >= 4 is 33.1 Å². The number of nitrogens with zero attached hydrogens (tertiary/aromatic N) is 3. The first-order valence-electron chi connectivity index (χ1n) is 9.99. The normalized spacial score (nSPS) is 11.0. The Bertz CT molecular complexity index is 1450. The summed E-state index contributed by atoms with van der Waals surface area (Å²) in [6, 6.07) is 25.3. The summed E-state index contributed by atoms with van der Waals surface area (Å²) in [5.74, 6) is 0.602. The first-order valence-corrected chi connectivity index (χ1v) is 10.8. The second-order valence-electron chi connectivity index (χ2n) is 7.36. The van der Waals surface area contributed by atoms with Crippen LogP contribution in [-0.4, -0.2) is 14.5 Å². The van der Waals surface area contributed by atoms with E-state index in [0.29, 0.717) is 16.7 Å². The number of nitrogens with one attached hydrogen (secondary N) is 1. The lowest BCUT2D eigenvalue weighted by atomic mass is 10.2. The van der Waals surface area contributed by atoms with Gasteiger partial charge in [-0.3, -0.25) is 9.36 Å². The third kappa shape index (κ3) is 3.62. The number of para-hydroxylation sites is 2. The Balaban J connectivity index is 1.73. The molecule has 0 saturated heterocycles. The highest BCUT2D eigenvalue weighted by atomic mass is 32.1. The Morgan fingerprint density at radius 2 is 1.65 bits per heavy atom. The highest BCUT2D eigenvalue weighted by molar-refractivity contribution is 7.19. The van der Waals surface area contributed by atoms with Gasteiger partial charge in [-0.05, 0) is 55.8 Å². The van der Waals surface area contributed by atoms with Crippen molar-refractivity contribution in [2.24, 2.45) is 0 Å². The van der Waals surface area contributed by atoms with Crippen LogP contribution in [0.2, 0.25) is 0 Å². The van der Waals surface area contributed by atoms with Crippen molar-refractivity contribution in [3.8, 4) is 16.4 Å². The topological polar surface area (TPSA) is 59.8 Å². The second kappa shape index (κ2) is 7.81. The average molecular weight is 425 g/mol. The molecular formula is C25H20N4OS. The molecule has 2 aromatic heterocycles. The van der Waals surface area contributed by atoms with E-state index in [1.165, 1.54) is 11.3 Å². The Morgan fingerprint density at radius 1 is 0.871 bits per heavy atom. The summed E-state index contributed by atoms with van der Waals surface area (Å²) in [4.78, 5) is 24.0. The van der Waals surface area contributed by atoms with Gasteiger partial charge in [-0.15, -0.1) is 0 Å². The molecule has 0 aliphatic rings. The zero-order chi connectivity index (χ0) is 21.4. The molecule has 1 N–H and O–H groups in total. The van der Waals surface area contributed by atoms with Crippen LogP contribution in [-0.2, 0) is 0 Å². The van der Waals surface area contributed by atoms with Crippen LogP contribution >= 0.6 is 11.3 Å². The quantitative estimate of drug-likeness (QED) is 0.392. The Labute approximate surface area is 183 Å². The van der Waals surface area contributed by atoms with Gasteiger partial charge in [-0.2, -0.15) is 0 Å². The van der Waals surface area contributed by atoms with E-state index in [4.69, 9.17) is 9.97 Å². The van der Waals surface area contributed by atoms with E-state index >= 15 is 0 Å². The summed E-state index contributed by atoms with van der Waals surface area (Å²) in [7, 11) is 0. The zero-order valence-electron chi connectivity index (χ0n) is 17.2. The molecular weight excluding hydrogens is 404 g/mol. The molecule has 0 radical (unpaired) electrons. The lowest BCUT2D eigenvalue weighted by molar-refractivity contribution is 0.974. The minimum Gasteiger partial charge on any atom is -0.332 e. The molecule has 152 valence electrons. The molecule has 0 aliphatic carbocycles. The maximum absolute atomic E-state index is 13.5. The molecule has 0 spiro atoms. The second-order valence-corrected chi connectivity index (χ2v) is 8.36. The summed E-state index contributed by atoms with van der Waals surface area (Å²) in [6.07, 6.45) is 0. The van der Waals surface area contributed by atoms with Crippen molar-refractivity contribution in [2.45, 2.75) is 13.8 Å². The fraction of sp³-hybridized carbons (Fsp3) is 0.0800. The molecule has 5 aromatic rings. The molecule has 3 aromatic carbocycles. The van der Waals surface area contributed by atoms with Crippen LogP contribution in [0.15, 0.2) is 83.7 Å². The molecule has 0 amide bonds. The van der Waals surface area contributed by atoms with Gasteiger partial charge in [-0.25, -0.2) is 9.97 Å². The van der Waals surface area contributed by atoms with E-state index in [0.717, 1.165) is 32.6 Å². The van der Waals surface area contributed by atoms with Gasteiger partial charge in [0.15, 0.2) is 11.0 Å². The van der Waals surface area contributed by atoms with Gasteiger partial charge in [0.05, 0.1) is 27.2 Å². The van der Waals surface area contributed by atoms with Gasteiger partial charge in [0.1, 0.15) is 0 Å². The zero-order valence-corrected chi connectivity index (χ0v) is 18.0. The molecule has 0 unspecified atom stereocenters. The number of benzene rings is 3. The molecule has 31 heavy (non-hydrogen) atoms. The van der Waals surface area contributed by atoms with E-state index in [2.05, 4.69) is 5.32 Å². The number of rotatable bonds is 4. The lowest BCUT2D eigenvalue weighted by Crippen LogP contribution is -2.22. The van der Waals surface area contributed by atoms with Crippen LogP contribution in [0.1, 0.15) is 11.3 Å². The molecule has 0 atom stereocenters. The van der Waals surface area contributed by atoms with Crippen molar-refractivity contribution in [3.05, 3.63) is 100 Å². The Kier molecular flexibility index (Phi) is 4.84. The van der Waals surface area contributed by atoms with Crippen LogP contribution in [0.5, 0.6) is 0 Å². The third-order valence-corrected chi connectivity index (χ3v) is 6.13. The summed E-state index contributed by atoms with van der Waals surface area (Å²) >= 11 is 1.49. The molecule has 2 heterocycles. The van der Waals surface area contributed by atoms with Crippen molar-refractivity contribution in [3.63, 3.8) is 0 Å². The first-order chi connectivity index (χ1) is 15.1. The van der Waals surface area contributed by atoms with Crippen molar-refractivity contribution < 1.29 is 0 Å². The van der Waals surface area contributed by atoms with Gasteiger partial charge >= 0.3 is 0 Å². The molecule has 0 aliphatic heterocycles. The fourth-order valence-electron chi connectivity index (χ4n) is 3.59. The molecule has 0 fully saturated rings. The van der Waals surface area contributed by atoms with Crippen molar-refractivity contribution in [1.29, 1.82) is 0 Å². The summed E-state index contributed by atoms with van der Waals surface area (Å²) < 4.78 is 1.70. The highest BCUT2D eigenvalue weighted by Crippen LogP contribution is 2.34. The van der Waals surface area contributed by atoms with Gasteiger partial charge in [0.2, 0.25) is 0 Å². The molecule has 5 rings (SSSR count). The number of thiazole rings is 1. The summed E-state index contributed by atoms with van der Waals surface area (Å²) in [6.45, 7) is 3.96. The van der Waals surface area contributed by atoms with E-state index in [9.17, 15) is 4.79 Å². The van der Waals surface area contributed by atoms with Crippen LogP contribution < -0.4 is 10.9 Å². The molecule has 5 nitrogen and oxygen atoms in total. The number of fused-ring (bicyclic) bond motifs is 1. The maximum atomic E-state index is 13.5. The average Bonchev–Trinajstić information content (AvgIpc) is 3.14. The predicted octanol–water partition coefficient (Wildman–Crippen LogP) is 5.87. The smallest absolute Gasteiger partial charge is 0.266 e. The Morgan fingerprint density at radius 3 is 2.45 bits per heavy atom. The Hall–Kier alpha value is -3.77. The maximum Gasteiger partial charge on any atom is 0.266 e. The van der Waals surface area contributed by atoms with Crippen LogP contribution in [0, 0.1) is 13.8 Å². The van der Waals surface area contributed by atoms with Crippen LogP contribution in [0.3, 0.4) is 0 Å². The first kappa shape index (κ1) is 19.2. The number of aromatic nitrogens is 3. The highest BCUT2D eigenvalue weighted by Gasteiger charge is 2.19. The van der Waals surface area contributed by atoms with Gasteiger partial charge in [-0.1, -0.05) is 53.8 Å². The van der Waals surface area contributed by atoms with E-state index < -0.39 is 0 Å². The standard InChI is InChI=1S/C25H20N4OS/c1-16-9-8-12-19(15-16)29-23(28-21-14-7-6-13-20(21)24(29)30)22-17(2)26-25(31-22)27-18-10-4-3-5-11-18/h3-15H,1-2H3,(H,26,27). The minimum atomic E-state index is -0.0865. The monoisotopic (exact) mass is 424 g/mol. The minimum absolute atomic E-state index is 0.0865.